The van der Waals surface area contributed by atoms with E-state index in [1.54, 1.807) is 5.38 Å². The molecule has 1 aromatic rings. The smallest absolute Gasteiger partial charge is 0.262 e. The lowest BCUT2D eigenvalue weighted by molar-refractivity contribution is 0.0730. The SMILES string of the molecule is CCC(C)NC(=O)c1sccc1S(=O)(=O)N1CCOCC1. The molecule has 1 fully saturated rings. The van der Waals surface area contributed by atoms with Gasteiger partial charge >= 0.3 is 0 Å². The molecule has 0 aliphatic carbocycles. The molecule has 6 nitrogen and oxygen atoms in total. The summed E-state index contributed by atoms with van der Waals surface area (Å²) in [6.07, 6.45) is 0.794. The minimum atomic E-state index is -3.63. The van der Waals surface area contributed by atoms with Gasteiger partial charge in [0.05, 0.1) is 13.2 Å². The van der Waals surface area contributed by atoms with E-state index in [2.05, 4.69) is 5.32 Å². The van der Waals surface area contributed by atoms with Gasteiger partial charge in [0, 0.05) is 19.1 Å². The number of thiophene rings is 1. The molecular formula is C13H20N2O4S2. The zero-order valence-electron chi connectivity index (χ0n) is 12.2. The summed E-state index contributed by atoms with van der Waals surface area (Å²) in [6.45, 7) is 5.27. The molecule has 0 aromatic carbocycles. The first kappa shape index (κ1) is 16.4. The monoisotopic (exact) mass is 332 g/mol. The molecule has 2 heterocycles. The van der Waals surface area contributed by atoms with Crippen LogP contribution in [0.5, 0.6) is 0 Å². The lowest BCUT2D eigenvalue weighted by Gasteiger charge is -2.26. The summed E-state index contributed by atoms with van der Waals surface area (Å²) in [5.74, 6) is -0.328. The topological polar surface area (TPSA) is 75.7 Å². The number of morpholine rings is 1. The van der Waals surface area contributed by atoms with Crippen LogP contribution in [0.1, 0.15) is 29.9 Å². The van der Waals surface area contributed by atoms with Crippen molar-refractivity contribution >= 4 is 27.3 Å². The second-order valence-electron chi connectivity index (χ2n) is 4.91. The average Bonchev–Trinajstić information content (AvgIpc) is 2.98. The molecule has 0 radical (unpaired) electrons. The molecule has 1 saturated heterocycles. The van der Waals surface area contributed by atoms with Crippen LogP contribution in [0.4, 0.5) is 0 Å². The van der Waals surface area contributed by atoms with Crippen molar-refractivity contribution in [2.45, 2.75) is 31.2 Å². The maximum Gasteiger partial charge on any atom is 0.262 e. The highest BCUT2D eigenvalue weighted by Gasteiger charge is 2.31. The third-order valence-electron chi connectivity index (χ3n) is 3.41. The number of nitrogens with zero attached hydrogens (tertiary/aromatic N) is 1. The van der Waals surface area contributed by atoms with Crippen LogP contribution in [0.15, 0.2) is 16.3 Å². The summed E-state index contributed by atoms with van der Waals surface area (Å²) in [7, 11) is -3.63. The Morgan fingerprint density at radius 1 is 1.48 bits per heavy atom. The van der Waals surface area contributed by atoms with Crippen molar-refractivity contribution in [3.05, 3.63) is 16.3 Å². The lowest BCUT2D eigenvalue weighted by Crippen LogP contribution is -2.41. The molecule has 21 heavy (non-hydrogen) atoms. The van der Waals surface area contributed by atoms with E-state index in [1.807, 2.05) is 13.8 Å². The molecule has 2 rings (SSSR count). The molecule has 118 valence electrons. The molecule has 1 unspecified atom stereocenters. The standard InChI is InChI=1S/C13H20N2O4S2/c1-3-10(2)14-13(16)12-11(4-9-20-12)21(17,18)15-5-7-19-8-6-15/h4,9-10H,3,5-8H2,1-2H3,(H,14,16). The number of hydrogen-bond acceptors (Lipinski definition) is 5. The molecular weight excluding hydrogens is 312 g/mol. The number of hydrogen-bond donors (Lipinski definition) is 1. The normalized spacial score (nSPS) is 18.4. The molecule has 1 aliphatic rings. The number of sulfonamides is 1. The summed E-state index contributed by atoms with van der Waals surface area (Å²) in [5, 5.41) is 4.45. The van der Waals surface area contributed by atoms with E-state index in [9.17, 15) is 13.2 Å². The van der Waals surface area contributed by atoms with Crippen LogP contribution >= 0.6 is 11.3 Å². The van der Waals surface area contributed by atoms with Crippen LogP contribution < -0.4 is 5.32 Å². The zero-order valence-corrected chi connectivity index (χ0v) is 13.8. The third-order valence-corrected chi connectivity index (χ3v) is 6.40. The Morgan fingerprint density at radius 2 is 2.14 bits per heavy atom. The fraction of sp³-hybridized carbons (Fsp3) is 0.615. The summed E-state index contributed by atoms with van der Waals surface area (Å²) in [6, 6.07) is 1.51. The third kappa shape index (κ3) is 3.63. The summed E-state index contributed by atoms with van der Waals surface area (Å²) in [4.78, 5) is 12.6. The second kappa shape index (κ2) is 6.87. The Balaban J connectivity index is 2.24. The molecule has 8 heteroatoms. The van der Waals surface area contributed by atoms with E-state index in [0.29, 0.717) is 26.3 Å². The first-order chi connectivity index (χ1) is 9.96. The fourth-order valence-electron chi connectivity index (χ4n) is 1.98. The van der Waals surface area contributed by atoms with Gasteiger partial charge in [-0.3, -0.25) is 4.79 Å². The van der Waals surface area contributed by atoms with Crippen LogP contribution in [0, 0.1) is 0 Å². The van der Waals surface area contributed by atoms with Gasteiger partial charge in [0.2, 0.25) is 10.0 Å². The minimum absolute atomic E-state index is 0.0125. The van der Waals surface area contributed by atoms with E-state index in [0.717, 1.165) is 17.8 Å². The molecule has 0 bridgehead atoms. The van der Waals surface area contributed by atoms with Gasteiger partial charge in [-0.1, -0.05) is 6.92 Å². The van der Waals surface area contributed by atoms with E-state index < -0.39 is 10.0 Å². The van der Waals surface area contributed by atoms with Crippen LogP contribution in [0.3, 0.4) is 0 Å². The summed E-state index contributed by atoms with van der Waals surface area (Å²) >= 11 is 1.15. The van der Waals surface area contributed by atoms with Gasteiger partial charge < -0.3 is 10.1 Å². The molecule has 1 atom stereocenters. The Labute approximate surface area is 129 Å². The van der Waals surface area contributed by atoms with Crippen molar-refractivity contribution in [1.29, 1.82) is 0 Å². The molecule has 1 aromatic heterocycles. The molecule has 0 saturated carbocycles. The average molecular weight is 332 g/mol. The van der Waals surface area contributed by atoms with Gasteiger partial charge in [-0.25, -0.2) is 8.42 Å². The molecule has 1 amide bonds. The Bertz CT molecular complexity index is 591. The van der Waals surface area contributed by atoms with Gasteiger partial charge in [0.1, 0.15) is 9.77 Å². The number of rotatable bonds is 5. The minimum Gasteiger partial charge on any atom is -0.379 e. The maximum atomic E-state index is 12.6. The quantitative estimate of drug-likeness (QED) is 0.882. The van der Waals surface area contributed by atoms with Crippen LogP contribution in [0.2, 0.25) is 0 Å². The van der Waals surface area contributed by atoms with Crippen molar-refractivity contribution in [3.63, 3.8) is 0 Å². The van der Waals surface area contributed by atoms with Gasteiger partial charge in [0.25, 0.3) is 5.91 Å². The van der Waals surface area contributed by atoms with Crippen molar-refractivity contribution in [2.75, 3.05) is 26.3 Å². The van der Waals surface area contributed by atoms with E-state index in [-0.39, 0.29) is 21.7 Å². The van der Waals surface area contributed by atoms with Crippen molar-refractivity contribution in [3.8, 4) is 0 Å². The number of nitrogens with one attached hydrogen (secondary N) is 1. The predicted molar refractivity (Wildman–Crippen MR) is 81.1 cm³/mol. The Morgan fingerprint density at radius 3 is 2.76 bits per heavy atom. The second-order valence-corrected chi connectivity index (χ2v) is 7.74. The van der Waals surface area contributed by atoms with E-state index in [4.69, 9.17) is 4.74 Å². The number of carbonyl (C=O) groups is 1. The highest BCUT2D eigenvalue weighted by molar-refractivity contribution is 7.89. The summed E-state index contributed by atoms with van der Waals surface area (Å²) < 4.78 is 31.8. The van der Waals surface area contributed by atoms with Crippen molar-refractivity contribution < 1.29 is 17.9 Å². The molecule has 0 spiro atoms. The number of amides is 1. The zero-order chi connectivity index (χ0) is 15.5. The molecule has 1 aliphatic heterocycles. The van der Waals surface area contributed by atoms with Crippen LogP contribution in [0.25, 0.3) is 0 Å². The Kier molecular flexibility index (Phi) is 5.37. The van der Waals surface area contributed by atoms with E-state index >= 15 is 0 Å². The number of ether oxygens (including phenoxy) is 1. The van der Waals surface area contributed by atoms with Gasteiger partial charge in [0.15, 0.2) is 0 Å². The van der Waals surface area contributed by atoms with E-state index in [1.165, 1.54) is 10.4 Å². The van der Waals surface area contributed by atoms with Gasteiger partial charge in [-0.15, -0.1) is 11.3 Å². The van der Waals surface area contributed by atoms with Crippen LogP contribution in [-0.4, -0.2) is 51.0 Å². The fourth-order valence-corrected chi connectivity index (χ4v) is 4.70. The highest BCUT2D eigenvalue weighted by atomic mass is 32.2. The molecule has 1 N–H and O–H groups in total. The first-order valence-corrected chi connectivity index (χ1v) is 9.25. The first-order valence-electron chi connectivity index (χ1n) is 6.93. The van der Waals surface area contributed by atoms with Gasteiger partial charge in [-0.05, 0) is 24.8 Å². The predicted octanol–water partition coefficient (Wildman–Crippen LogP) is 1.30. The lowest BCUT2D eigenvalue weighted by atomic mass is 10.2. The van der Waals surface area contributed by atoms with Crippen molar-refractivity contribution in [2.24, 2.45) is 0 Å². The van der Waals surface area contributed by atoms with Crippen molar-refractivity contribution in [1.82, 2.24) is 9.62 Å². The van der Waals surface area contributed by atoms with Gasteiger partial charge in [-0.2, -0.15) is 4.31 Å². The largest absolute Gasteiger partial charge is 0.379 e. The highest BCUT2D eigenvalue weighted by Crippen LogP contribution is 2.26. The Hall–Kier alpha value is -0.960. The number of carbonyl (C=O) groups excluding carboxylic acids is 1. The summed E-state index contributed by atoms with van der Waals surface area (Å²) in [5.41, 5.74) is 0. The maximum absolute atomic E-state index is 12.6. The van der Waals surface area contributed by atoms with Crippen LogP contribution in [-0.2, 0) is 14.8 Å².